The molecule has 21 heavy (non-hydrogen) atoms. The molecule has 1 aromatic rings. The second-order valence-electron chi connectivity index (χ2n) is 5.24. The first-order valence-corrected chi connectivity index (χ1v) is 6.93. The number of rotatable bonds is 7. The molecule has 0 aliphatic carbocycles. The summed E-state index contributed by atoms with van der Waals surface area (Å²) in [5.41, 5.74) is 6.16. The Balaban J connectivity index is 2.69. The van der Waals surface area contributed by atoms with Gasteiger partial charge in [0.25, 0.3) is 5.91 Å². The Labute approximate surface area is 125 Å². The molecule has 116 valence electrons. The molecular weight excluding hydrogens is 270 g/mol. The van der Waals surface area contributed by atoms with E-state index in [0.29, 0.717) is 6.42 Å². The zero-order valence-electron chi connectivity index (χ0n) is 12.5. The average molecular weight is 293 g/mol. The van der Waals surface area contributed by atoms with Crippen LogP contribution in [0.25, 0.3) is 0 Å². The first-order chi connectivity index (χ1) is 9.95. The molecule has 1 rings (SSSR count). The number of nitrogens with zero attached hydrogens (tertiary/aromatic N) is 1. The van der Waals surface area contributed by atoms with E-state index in [9.17, 15) is 9.59 Å². The van der Waals surface area contributed by atoms with Gasteiger partial charge in [-0.15, -0.1) is 0 Å². The van der Waals surface area contributed by atoms with E-state index in [2.05, 4.69) is 0 Å². The molecule has 1 amide bonds. The van der Waals surface area contributed by atoms with Gasteiger partial charge >= 0.3 is 5.97 Å². The Kier molecular flexibility index (Phi) is 6.84. The van der Waals surface area contributed by atoms with E-state index < -0.39 is 17.9 Å². The molecule has 0 aliphatic heterocycles. The summed E-state index contributed by atoms with van der Waals surface area (Å²) in [5, 5.41) is 0.882. The normalized spacial score (nSPS) is 12.0. The summed E-state index contributed by atoms with van der Waals surface area (Å²) >= 11 is 0. The van der Waals surface area contributed by atoms with Gasteiger partial charge in [-0.1, -0.05) is 44.2 Å². The minimum Gasteiger partial charge on any atom is -0.459 e. The summed E-state index contributed by atoms with van der Waals surface area (Å²) in [6.45, 7) is 3.80. The summed E-state index contributed by atoms with van der Waals surface area (Å²) in [7, 11) is 0. The highest BCUT2D eigenvalue weighted by Gasteiger charge is 2.29. The molecule has 0 saturated heterocycles. The summed E-state index contributed by atoms with van der Waals surface area (Å²) in [5.74, 6) is 4.88. The number of benzene rings is 1. The van der Waals surface area contributed by atoms with Crippen LogP contribution in [0.5, 0.6) is 0 Å². The van der Waals surface area contributed by atoms with Crippen molar-refractivity contribution in [1.82, 2.24) is 5.01 Å². The van der Waals surface area contributed by atoms with Crippen LogP contribution in [0.2, 0.25) is 0 Å². The fourth-order valence-electron chi connectivity index (χ4n) is 1.87. The third-order valence-electron chi connectivity index (χ3n) is 2.99. The number of hydrogen-bond acceptors (Lipinski definition) is 5. The van der Waals surface area contributed by atoms with E-state index in [1.165, 1.54) is 0 Å². The lowest BCUT2D eigenvalue weighted by atomic mass is 10.0. The second-order valence-corrected chi connectivity index (χ2v) is 5.24. The molecule has 4 N–H and O–H groups in total. The quantitative estimate of drug-likeness (QED) is 0.335. The van der Waals surface area contributed by atoms with Crippen LogP contribution >= 0.6 is 0 Å². The molecule has 0 unspecified atom stereocenters. The van der Waals surface area contributed by atoms with Crippen LogP contribution < -0.4 is 11.6 Å². The Morgan fingerprint density at radius 2 is 1.86 bits per heavy atom. The largest absolute Gasteiger partial charge is 0.459 e. The number of carbonyl (C=O) groups excluding carboxylic acids is 2. The van der Waals surface area contributed by atoms with Gasteiger partial charge in [0.2, 0.25) is 0 Å². The van der Waals surface area contributed by atoms with Crippen LogP contribution in [0, 0.1) is 5.92 Å². The molecule has 0 saturated carbocycles. The lowest BCUT2D eigenvalue weighted by molar-refractivity contribution is -0.157. The van der Waals surface area contributed by atoms with Crippen molar-refractivity contribution in [2.75, 3.05) is 6.54 Å². The summed E-state index contributed by atoms with van der Waals surface area (Å²) in [4.78, 5) is 23.8. The van der Waals surface area contributed by atoms with Crippen molar-refractivity contribution in [1.29, 1.82) is 0 Å². The molecule has 6 heteroatoms. The highest BCUT2D eigenvalue weighted by molar-refractivity contribution is 5.85. The Morgan fingerprint density at radius 1 is 1.24 bits per heavy atom. The van der Waals surface area contributed by atoms with Crippen LogP contribution in [0.1, 0.15) is 25.8 Å². The first-order valence-electron chi connectivity index (χ1n) is 6.93. The number of esters is 1. The van der Waals surface area contributed by atoms with E-state index in [1.807, 2.05) is 44.2 Å². The van der Waals surface area contributed by atoms with Gasteiger partial charge in [-0.25, -0.2) is 10.6 Å². The summed E-state index contributed by atoms with van der Waals surface area (Å²) < 4.78 is 5.25. The Hall–Kier alpha value is -1.92. The standard InChI is InChI=1S/C15H23N3O3/c1-11(2)8-13(18(17)14(19)9-16)15(20)21-10-12-6-4-3-5-7-12/h3-7,11,13H,8-10,16-17H2,1-2H3/t13-/m0/s1. The van der Waals surface area contributed by atoms with E-state index in [-0.39, 0.29) is 19.1 Å². The molecule has 0 aromatic heterocycles. The van der Waals surface area contributed by atoms with Crippen LogP contribution in [0.15, 0.2) is 30.3 Å². The minimum atomic E-state index is -0.815. The molecule has 0 fully saturated rings. The number of carbonyl (C=O) groups is 2. The predicted molar refractivity (Wildman–Crippen MR) is 79.6 cm³/mol. The lowest BCUT2D eigenvalue weighted by Gasteiger charge is -2.26. The van der Waals surface area contributed by atoms with Crippen LogP contribution in [-0.4, -0.2) is 29.5 Å². The fourth-order valence-corrected chi connectivity index (χ4v) is 1.87. The van der Waals surface area contributed by atoms with Crippen molar-refractivity contribution < 1.29 is 14.3 Å². The molecule has 1 aromatic carbocycles. The first kappa shape index (κ1) is 17.1. The highest BCUT2D eigenvalue weighted by atomic mass is 16.5. The van der Waals surface area contributed by atoms with Gasteiger partial charge in [-0.3, -0.25) is 9.80 Å². The van der Waals surface area contributed by atoms with Gasteiger partial charge in [-0.05, 0) is 17.9 Å². The van der Waals surface area contributed by atoms with E-state index in [1.54, 1.807) is 0 Å². The van der Waals surface area contributed by atoms with Gasteiger partial charge < -0.3 is 10.5 Å². The van der Waals surface area contributed by atoms with Gasteiger partial charge in [0.15, 0.2) is 0 Å². The van der Waals surface area contributed by atoms with E-state index in [0.717, 1.165) is 10.6 Å². The zero-order chi connectivity index (χ0) is 15.8. The third kappa shape index (κ3) is 5.53. The number of hydrogen-bond donors (Lipinski definition) is 2. The van der Waals surface area contributed by atoms with Crippen molar-refractivity contribution in [3.8, 4) is 0 Å². The monoisotopic (exact) mass is 293 g/mol. The molecular formula is C15H23N3O3. The number of hydrazine groups is 1. The molecule has 0 aliphatic rings. The zero-order valence-corrected chi connectivity index (χ0v) is 12.5. The van der Waals surface area contributed by atoms with E-state index >= 15 is 0 Å². The summed E-state index contributed by atoms with van der Waals surface area (Å²) in [6.07, 6.45) is 0.426. The molecule has 1 atom stereocenters. The SMILES string of the molecule is CC(C)C[C@@H](C(=O)OCc1ccccc1)N(N)C(=O)CN. The van der Waals surface area contributed by atoms with Crippen LogP contribution in [-0.2, 0) is 20.9 Å². The fraction of sp³-hybridized carbons (Fsp3) is 0.467. The smallest absolute Gasteiger partial charge is 0.330 e. The highest BCUT2D eigenvalue weighted by Crippen LogP contribution is 2.12. The minimum absolute atomic E-state index is 0.152. The summed E-state index contributed by atoms with van der Waals surface area (Å²) in [6, 6.07) is 8.51. The van der Waals surface area contributed by atoms with Gasteiger partial charge in [0.05, 0.1) is 6.54 Å². The number of amides is 1. The maximum Gasteiger partial charge on any atom is 0.330 e. The molecule has 0 spiro atoms. The second kappa shape index (κ2) is 8.39. The van der Waals surface area contributed by atoms with Crippen molar-refractivity contribution in [2.24, 2.45) is 17.5 Å². The van der Waals surface area contributed by atoms with Crippen molar-refractivity contribution in [3.63, 3.8) is 0 Å². The Bertz CT molecular complexity index is 462. The van der Waals surface area contributed by atoms with Crippen LogP contribution in [0.4, 0.5) is 0 Å². The topological polar surface area (TPSA) is 98.6 Å². The van der Waals surface area contributed by atoms with Gasteiger partial charge in [0.1, 0.15) is 12.6 Å². The maximum atomic E-state index is 12.2. The van der Waals surface area contributed by atoms with E-state index in [4.69, 9.17) is 16.3 Å². The molecule has 0 heterocycles. The van der Waals surface area contributed by atoms with Crippen molar-refractivity contribution in [2.45, 2.75) is 32.9 Å². The van der Waals surface area contributed by atoms with Crippen molar-refractivity contribution in [3.05, 3.63) is 35.9 Å². The van der Waals surface area contributed by atoms with Crippen molar-refractivity contribution >= 4 is 11.9 Å². The third-order valence-corrected chi connectivity index (χ3v) is 2.99. The van der Waals surface area contributed by atoms with Crippen LogP contribution in [0.3, 0.4) is 0 Å². The van der Waals surface area contributed by atoms with Gasteiger partial charge in [-0.2, -0.15) is 0 Å². The predicted octanol–water partition coefficient (Wildman–Crippen LogP) is 0.806. The number of ether oxygens (including phenoxy) is 1. The average Bonchev–Trinajstić information content (AvgIpc) is 2.49. The molecule has 0 bridgehead atoms. The molecule has 6 nitrogen and oxygen atoms in total. The van der Waals surface area contributed by atoms with Gasteiger partial charge in [0, 0.05) is 0 Å². The number of nitrogens with two attached hydrogens (primary N) is 2. The Morgan fingerprint density at radius 3 is 2.38 bits per heavy atom. The molecule has 0 radical (unpaired) electrons. The maximum absolute atomic E-state index is 12.2. The lowest BCUT2D eigenvalue weighted by Crippen LogP contribution is -2.52.